The van der Waals surface area contributed by atoms with Gasteiger partial charge in [-0.3, -0.25) is 5.43 Å². The lowest BCUT2D eigenvalue weighted by molar-refractivity contribution is 0.535. The van der Waals surface area contributed by atoms with E-state index in [1.165, 1.54) is 83.5 Å². The van der Waals surface area contributed by atoms with Gasteiger partial charge in [0.25, 0.3) is 0 Å². The third kappa shape index (κ3) is 16.4. The average molecular weight is 438 g/mol. The van der Waals surface area contributed by atoms with Crippen molar-refractivity contribution in [2.24, 2.45) is 5.10 Å². The van der Waals surface area contributed by atoms with Gasteiger partial charge in [-0.1, -0.05) is 114 Å². The second kappa shape index (κ2) is 18.9. The molecule has 5 heteroatoms. The molecular formula is C24H40ClN3S. The minimum absolute atomic E-state index is 0.574. The van der Waals surface area contributed by atoms with Crippen molar-refractivity contribution >= 4 is 35.1 Å². The molecular weight excluding hydrogens is 398 g/mol. The zero-order chi connectivity index (χ0) is 21.0. The lowest BCUT2D eigenvalue weighted by Gasteiger charge is -2.07. The van der Waals surface area contributed by atoms with Gasteiger partial charge >= 0.3 is 0 Å². The van der Waals surface area contributed by atoms with Gasteiger partial charge in [0.15, 0.2) is 5.11 Å². The SMILES string of the molecule is CCCCCCCCCCCCCCCCNC(=S)N/N=C/c1ccc(Cl)cc1. The second-order valence-corrected chi connectivity index (χ2v) is 8.62. The molecule has 0 heterocycles. The quantitative estimate of drug-likeness (QED) is 0.114. The maximum absolute atomic E-state index is 5.86. The highest BCUT2D eigenvalue weighted by Crippen LogP contribution is 2.12. The largest absolute Gasteiger partial charge is 0.361 e. The summed E-state index contributed by atoms with van der Waals surface area (Å²) in [6.07, 6.45) is 21.0. The Morgan fingerprint density at radius 2 is 1.31 bits per heavy atom. The third-order valence-electron chi connectivity index (χ3n) is 5.07. The first-order chi connectivity index (χ1) is 14.2. The van der Waals surface area contributed by atoms with Crippen molar-refractivity contribution in [2.75, 3.05) is 6.54 Å². The fourth-order valence-electron chi connectivity index (χ4n) is 3.28. The van der Waals surface area contributed by atoms with Crippen LogP contribution < -0.4 is 10.7 Å². The fraction of sp³-hybridized carbons (Fsp3) is 0.667. The molecule has 0 bridgehead atoms. The van der Waals surface area contributed by atoms with Crippen molar-refractivity contribution in [3.63, 3.8) is 0 Å². The van der Waals surface area contributed by atoms with Crippen molar-refractivity contribution in [1.82, 2.24) is 10.7 Å². The van der Waals surface area contributed by atoms with Crippen LogP contribution >= 0.6 is 23.8 Å². The number of unbranched alkanes of at least 4 members (excludes halogenated alkanes) is 13. The van der Waals surface area contributed by atoms with Crippen LogP contribution in [0.3, 0.4) is 0 Å². The molecule has 0 atom stereocenters. The van der Waals surface area contributed by atoms with Gasteiger partial charge in [-0.25, -0.2) is 0 Å². The van der Waals surface area contributed by atoms with E-state index in [4.69, 9.17) is 23.8 Å². The fourth-order valence-corrected chi connectivity index (χ4v) is 3.56. The summed E-state index contributed by atoms with van der Waals surface area (Å²) in [5.41, 5.74) is 3.84. The van der Waals surface area contributed by atoms with Crippen molar-refractivity contribution < 1.29 is 0 Å². The standard InChI is InChI=1S/C24H40ClN3S/c1-2-3-4-5-6-7-8-9-10-11-12-13-14-15-20-26-24(29)28-27-21-22-16-18-23(25)19-17-22/h16-19,21H,2-15,20H2,1H3,(H2,26,28,29)/b27-21+. The normalized spacial score (nSPS) is 11.1. The number of nitrogens with zero attached hydrogens (tertiary/aromatic N) is 1. The van der Waals surface area contributed by atoms with Crippen molar-refractivity contribution in [3.8, 4) is 0 Å². The molecule has 3 nitrogen and oxygen atoms in total. The van der Waals surface area contributed by atoms with Crippen molar-refractivity contribution in [1.29, 1.82) is 0 Å². The molecule has 0 aromatic heterocycles. The number of hydrogen-bond donors (Lipinski definition) is 2. The zero-order valence-corrected chi connectivity index (χ0v) is 19.8. The molecule has 0 amide bonds. The zero-order valence-electron chi connectivity index (χ0n) is 18.2. The Bertz CT molecular complexity index is 546. The predicted octanol–water partition coefficient (Wildman–Crippen LogP) is 7.62. The molecule has 0 radical (unpaired) electrons. The first-order valence-electron chi connectivity index (χ1n) is 11.5. The van der Waals surface area contributed by atoms with Crippen LogP contribution in [-0.2, 0) is 0 Å². The molecule has 1 rings (SSSR count). The van der Waals surface area contributed by atoms with Gasteiger partial charge in [0.1, 0.15) is 0 Å². The Labute approximate surface area is 189 Å². The number of thiocarbonyl (C=S) groups is 1. The molecule has 29 heavy (non-hydrogen) atoms. The maximum atomic E-state index is 5.86. The van der Waals surface area contributed by atoms with Crippen LogP contribution in [0.15, 0.2) is 29.4 Å². The number of hydrazone groups is 1. The number of hydrogen-bond acceptors (Lipinski definition) is 2. The van der Waals surface area contributed by atoms with E-state index in [1.807, 2.05) is 24.3 Å². The van der Waals surface area contributed by atoms with E-state index in [-0.39, 0.29) is 0 Å². The summed E-state index contributed by atoms with van der Waals surface area (Å²) in [5, 5.41) is 8.64. The molecule has 0 saturated carbocycles. The Morgan fingerprint density at radius 3 is 1.83 bits per heavy atom. The van der Waals surface area contributed by atoms with E-state index in [9.17, 15) is 0 Å². The van der Waals surface area contributed by atoms with E-state index >= 15 is 0 Å². The van der Waals surface area contributed by atoms with E-state index < -0.39 is 0 Å². The molecule has 2 N–H and O–H groups in total. The summed E-state index contributed by atoms with van der Waals surface area (Å²) in [6, 6.07) is 7.52. The highest BCUT2D eigenvalue weighted by atomic mass is 35.5. The molecule has 0 unspecified atom stereocenters. The van der Waals surface area contributed by atoms with E-state index in [0.717, 1.165) is 23.6 Å². The molecule has 0 aliphatic carbocycles. The van der Waals surface area contributed by atoms with Gasteiger partial charge in [-0.2, -0.15) is 5.10 Å². The van der Waals surface area contributed by atoms with Gasteiger partial charge in [-0.15, -0.1) is 0 Å². The summed E-state index contributed by atoms with van der Waals surface area (Å²) in [5.74, 6) is 0. The highest BCUT2D eigenvalue weighted by molar-refractivity contribution is 7.80. The predicted molar refractivity (Wildman–Crippen MR) is 133 cm³/mol. The van der Waals surface area contributed by atoms with Crippen LogP contribution in [0.5, 0.6) is 0 Å². The van der Waals surface area contributed by atoms with Crippen LogP contribution in [0.4, 0.5) is 0 Å². The van der Waals surface area contributed by atoms with Gasteiger partial charge in [0.05, 0.1) is 6.21 Å². The van der Waals surface area contributed by atoms with Crippen LogP contribution in [0.1, 0.15) is 102 Å². The highest BCUT2D eigenvalue weighted by Gasteiger charge is 1.96. The molecule has 0 aliphatic rings. The lowest BCUT2D eigenvalue weighted by atomic mass is 10.0. The number of halogens is 1. The average Bonchev–Trinajstić information content (AvgIpc) is 2.72. The molecule has 164 valence electrons. The maximum Gasteiger partial charge on any atom is 0.186 e. The monoisotopic (exact) mass is 437 g/mol. The Balaban J connectivity index is 1.83. The first kappa shape index (κ1) is 25.9. The van der Waals surface area contributed by atoms with Gasteiger partial charge in [0.2, 0.25) is 0 Å². The van der Waals surface area contributed by atoms with Crippen molar-refractivity contribution in [2.45, 2.75) is 96.8 Å². The van der Waals surface area contributed by atoms with Gasteiger partial charge in [0, 0.05) is 11.6 Å². The molecule has 0 aliphatic heterocycles. The molecule has 1 aromatic rings. The van der Waals surface area contributed by atoms with Crippen LogP contribution in [0, 0.1) is 0 Å². The number of nitrogens with one attached hydrogen (secondary N) is 2. The lowest BCUT2D eigenvalue weighted by Crippen LogP contribution is -2.32. The van der Waals surface area contributed by atoms with Gasteiger partial charge < -0.3 is 5.32 Å². The summed E-state index contributed by atoms with van der Waals surface area (Å²) in [4.78, 5) is 0. The summed E-state index contributed by atoms with van der Waals surface area (Å²) < 4.78 is 0. The van der Waals surface area contributed by atoms with E-state index in [0.29, 0.717) is 5.11 Å². The summed E-state index contributed by atoms with van der Waals surface area (Å²) in [6.45, 7) is 3.18. The van der Waals surface area contributed by atoms with Gasteiger partial charge in [-0.05, 0) is 36.3 Å². The number of benzene rings is 1. The molecule has 1 aromatic carbocycles. The minimum Gasteiger partial charge on any atom is -0.361 e. The van der Waals surface area contributed by atoms with E-state index in [1.54, 1.807) is 6.21 Å². The Kier molecular flexibility index (Phi) is 16.9. The first-order valence-corrected chi connectivity index (χ1v) is 12.3. The summed E-state index contributed by atoms with van der Waals surface area (Å²) >= 11 is 11.1. The molecule has 0 fully saturated rings. The van der Waals surface area contributed by atoms with E-state index in [2.05, 4.69) is 22.8 Å². The van der Waals surface area contributed by atoms with Crippen LogP contribution in [-0.4, -0.2) is 17.9 Å². The van der Waals surface area contributed by atoms with Crippen molar-refractivity contribution in [3.05, 3.63) is 34.9 Å². The minimum atomic E-state index is 0.574. The van der Waals surface area contributed by atoms with Crippen LogP contribution in [0.25, 0.3) is 0 Å². The third-order valence-corrected chi connectivity index (χ3v) is 5.55. The number of rotatable bonds is 17. The Morgan fingerprint density at radius 1 is 0.828 bits per heavy atom. The second-order valence-electron chi connectivity index (χ2n) is 7.77. The topological polar surface area (TPSA) is 36.4 Å². The Hall–Kier alpha value is -1.13. The molecule has 0 spiro atoms. The summed E-state index contributed by atoms with van der Waals surface area (Å²) in [7, 11) is 0. The molecule has 0 saturated heterocycles. The smallest absolute Gasteiger partial charge is 0.186 e. The van der Waals surface area contributed by atoms with Crippen LogP contribution in [0.2, 0.25) is 5.02 Å².